The maximum atomic E-state index is 5.82. The van der Waals surface area contributed by atoms with Gasteiger partial charge < -0.3 is 19.1 Å². The number of nitrogens with zero attached hydrogens (tertiary/aromatic N) is 1. The van der Waals surface area contributed by atoms with E-state index >= 15 is 0 Å². The summed E-state index contributed by atoms with van der Waals surface area (Å²) in [7, 11) is 5.14. The van der Waals surface area contributed by atoms with Crippen LogP contribution in [0.15, 0.2) is 91.0 Å². The first kappa shape index (κ1) is 36.4. The molecule has 0 heterocycles. The summed E-state index contributed by atoms with van der Waals surface area (Å²) in [6.07, 6.45) is 14.3. The highest BCUT2D eigenvalue weighted by molar-refractivity contribution is 5.80. The summed E-state index contributed by atoms with van der Waals surface area (Å²) in [5, 5.41) is 0. The van der Waals surface area contributed by atoms with Crippen molar-refractivity contribution in [2.45, 2.75) is 79.1 Å². The van der Waals surface area contributed by atoms with Gasteiger partial charge in [0, 0.05) is 28.2 Å². The minimum absolute atomic E-state index is 0.153. The Labute approximate surface area is 290 Å². The van der Waals surface area contributed by atoms with E-state index in [4.69, 9.17) is 14.2 Å². The van der Waals surface area contributed by atoms with Gasteiger partial charge in [0.15, 0.2) is 0 Å². The Morgan fingerprint density at radius 2 is 1.08 bits per heavy atom. The first-order chi connectivity index (χ1) is 23.2. The Morgan fingerprint density at radius 3 is 1.54 bits per heavy atom. The predicted octanol–water partition coefficient (Wildman–Crippen LogP) is 12.7. The molecule has 4 aromatic carbocycles. The van der Waals surface area contributed by atoms with Gasteiger partial charge in [0.1, 0.15) is 17.2 Å². The van der Waals surface area contributed by atoms with Gasteiger partial charge in [-0.15, -0.1) is 0 Å². The zero-order valence-corrected chi connectivity index (χ0v) is 30.6. The number of anilines is 3. The van der Waals surface area contributed by atoms with E-state index in [0.29, 0.717) is 0 Å². The molecule has 0 aliphatic rings. The van der Waals surface area contributed by atoms with Gasteiger partial charge in [0.05, 0.1) is 21.3 Å². The number of benzene rings is 4. The summed E-state index contributed by atoms with van der Waals surface area (Å²) in [4.78, 5) is 2.29. The number of methoxy groups -OCH3 is 3. The minimum Gasteiger partial charge on any atom is -0.497 e. The van der Waals surface area contributed by atoms with Crippen molar-refractivity contribution in [3.63, 3.8) is 0 Å². The lowest BCUT2D eigenvalue weighted by Gasteiger charge is -2.30. The molecule has 0 bridgehead atoms. The fourth-order valence-electron chi connectivity index (χ4n) is 6.17. The molecule has 0 radical (unpaired) electrons. The van der Waals surface area contributed by atoms with Gasteiger partial charge in [-0.05, 0) is 108 Å². The lowest BCUT2D eigenvalue weighted by molar-refractivity contribution is 0.396. The summed E-state index contributed by atoms with van der Waals surface area (Å²) >= 11 is 0. The zero-order valence-electron chi connectivity index (χ0n) is 30.6. The highest BCUT2D eigenvalue weighted by Gasteiger charge is 2.24. The molecule has 0 aliphatic carbocycles. The summed E-state index contributed by atoms with van der Waals surface area (Å²) in [5.41, 5.74) is 8.07. The fraction of sp³-hybridized carbons (Fsp3) is 0.364. The van der Waals surface area contributed by atoms with Crippen LogP contribution in [0.5, 0.6) is 17.2 Å². The van der Waals surface area contributed by atoms with Crippen LogP contribution in [0.25, 0.3) is 18.2 Å². The molecule has 4 aromatic rings. The second-order valence-electron chi connectivity index (χ2n) is 13.2. The Morgan fingerprint density at radius 1 is 0.583 bits per heavy atom. The molecule has 4 nitrogen and oxygen atoms in total. The van der Waals surface area contributed by atoms with Crippen molar-refractivity contribution >= 4 is 35.3 Å². The van der Waals surface area contributed by atoms with Crippen molar-refractivity contribution in [3.05, 3.63) is 113 Å². The molecule has 0 saturated heterocycles. The van der Waals surface area contributed by atoms with Crippen LogP contribution in [-0.2, 0) is 5.41 Å². The molecule has 0 aromatic heterocycles. The third-order valence-corrected chi connectivity index (χ3v) is 10.2. The maximum absolute atomic E-state index is 5.82. The normalized spacial score (nSPS) is 13.1. The van der Waals surface area contributed by atoms with Gasteiger partial charge in [-0.2, -0.15) is 0 Å². The van der Waals surface area contributed by atoms with Gasteiger partial charge in [-0.3, -0.25) is 0 Å². The van der Waals surface area contributed by atoms with Crippen molar-refractivity contribution in [2.75, 3.05) is 26.2 Å². The Kier molecular flexibility index (Phi) is 12.6. The number of rotatable bonds is 16. The Balaban J connectivity index is 1.65. The smallest absolute Gasteiger partial charge is 0.126 e. The van der Waals surface area contributed by atoms with E-state index in [1.807, 2.05) is 12.1 Å². The minimum atomic E-state index is 0.153. The first-order valence-electron chi connectivity index (χ1n) is 17.4. The van der Waals surface area contributed by atoms with Crippen molar-refractivity contribution in [3.8, 4) is 17.2 Å². The molecule has 0 spiro atoms. The largest absolute Gasteiger partial charge is 0.497 e. The van der Waals surface area contributed by atoms with E-state index in [9.17, 15) is 0 Å². The second kappa shape index (κ2) is 16.6. The molecule has 1 unspecified atom stereocenters. The van der Waals surface area contributed by atoms with Crippen molar-refractivity contribution in [1.82, 2.24) is 0 Å². The molecule has 0 amide bonds. The lowest BCUT2D eigenvalue weighted by Crippen LogP contribution is -2.20. The van der Waals surface area contributed by atoms with E-state index in [0.717, 1.165) is 70.3 Å². The molecule has 0 fully saturated rings. The van der Waals surface area contributed by atoms with Crippen LogP contribution in [0.2, 0.25) is 0 Å². The van der Waals surface area contributed by atoms with Crippen molar-refractivity contribution in [2.24, 2.45) is 5.41 Å². The molecule has 4 rings (SSSR count). The molecule has 0 aliphatic heterocycles. The van der Waals surface area contributed by atoms with Gasteiger partial charge >= 0.3 is 0 Å². The maximum Gasteiger partial charge on any atom is 0.126 e. The van der Waals surface area contributed by atoms with Crippen LogP contribution in [0.3, 0.4) is 0 Å². The number of hydrogen-bond acceptors (Lipinski definition) is 4. The van der Waals surface area contributed by atoms with Crippen LogP contribution in [0, 0.1) is 5.41 Å². The quantitative estimate of drug-likeness (QED) is 0.113. The fourth-order valence-corrected chi connectivity index (χ4v) is 6.17. The van der Waals surface area contributed by atoms with Gasteiger partial charge in [-0.1, -0.05) is 96.5 Å². The second-order valence-corrected chi connectivity index (χ2v) is 13.2. The number of allylic oxidation sites excluding steroid dienone is 1. The van der Waals surface area contributed by atoms with E-state index in [1.165, 1.54) is 18.4 Å². The topological polar surface area (TPSA) is 30.9 Å². The Hall–Kier alpha value is -4.44. The van der Waals surface area contributed by atoms with Crippen LogP contribution >= 0.6 is 0 Å². The number of hydrogen-bond donors (Lipinski definition) is 0. The zero-order chi connectivity index (χ0) is 34.7. The van der Waals surface area contributed by atoms with E-state index in [-0.39, 0.29) is 10.8 Å². The molecular formula is C44H55NO3. The molecule has 0 saturated carbocycles. The molecule has 1 atom stereocenters. The third-order valence-electron chi connectivity index (χ3n) is 10.2. The monoisotopic (exact) mass is 645 g/mol. The van der Waals surface area contributed by atoms with Gasteiger partial charge in [0.25, 0.3) is 0 Å². The molecule has 48 heavy (non-hydrogen) atoms. The van der Waals surface area contributed by atoms with E-state index in [2.05, 4.69) is 144 Å². The van der Waals surface area contributed by atoms with Gasteiger partial charge in [0.2, 0.25) is 0 Å². The average molecular weight is 646 g/mol. The lowest BCUT2D eigenvalue weighted by atomic mass is 9.76. The van der Waals surface area contributed by atoms with Crippen molar-refractivity contribution < 1.29 is 14.2 Å². The van der Waals surface area contributed by atoms with E-state index in [1.54, 1.807) is 21.3 Å². The van der Waals surface area contributed by atoms with Crippen LogP contribution in [0.4, 0.5) is 17.1 Å². The summed E-state index contributed by atoms with van der Waals surface area (Å²) in [6, 6.07) is 30.1. The summed E-state index contributed by atoms with van der Waals surface area (Å²) in [5.74, 6) is 2.47. The van der Waals surface area contributed by atoms with Gasteiger partial charge in [-0.25, -0.2) is 0 Å². The standard InChI is InChI=1S/C44H55NO3/c1-10-29-44(6,13-4)36-18-22-38(23-19-36)45(39-24-26-40(46-7)27-25-39)37-20-15-33(16-21-37)14-17-34-31-42(48-9)35(32-41(34)47-8)28-30-43(5,11-2)12-3/h14-28,30-32H,10-13,29H2,1-9H3/b17-14-,30-28-. The van der Waals surface area contributed by atoms with Crippen LogP contribution < -0.4 is 19.1 Å². The molecule has 254 valence electrons. The summed E-state index contributed by atoms with van der Waals surface area (Å²) < 4.78 is 17.1. The Bertz CT molecular complexity index is 1650. The van der Waals surface area contributed by atoms with Crippen LogP contribution in [-0.4, -0.2) is 21.3 Å². The average Bonchev–Trinajstić information content (AvgIpc) is 3.14. The summed E-state index contributed by atoms with van der Waals surface area (Å²) in [6.45, 7) is 13.7. The highest BCUT2D eigenvalue weighted by Crippen LogP contribution is 2.39. The number of ether oxygens (including phenoxy) is 3. The highest BCUT2D eigenvalue weighted by atomic mass is 16.5. The molecule has 4 heteroatoms. The first-order valence-corrected chi connectivity index (χ1v) is 17.4. The van der Waals surface area contributed by atoms with Crippen LogP contribution in [0.1, 0.15) is 95.9 Å². The predicted molar refractivity (Wildman–Crippen MR) is 206 cm³/mol. The molecule has 0 N–H and O–H groups in total. The molecular weight excluding hydrogens is 590 g/mol. The van der Waals surface area contributed by atoms with Crippen molar-refractivity contribution in [1.29, 1.82) is 0 Å². The van der Waals surface area contributed by atoms with E-state index < -0.39 is 0 Å². The third kappa shape index (κ3) is 8.52. The SMILES string of the molecule is CCCC(C)(CC)c1ccc(N(c2ccc(/C=C\c3cc(OC)c(/C=C\C(C)(CC)CC)cc3OC)cc2)c2ccc(OC)cc2)cc1.